The van der Waals surface area contributed by atoms with Crippen LogP contribution in [0.1, 0.15) is 0 Å². The van der Waals surface area contributed by atoms with Gasteiger partial charge in [0.05, 0.1) is 44.1 Å². The number of aromatic nitrogens is 4. The zero-order valence-electron chi connectivity index (χ0n) is 68.0. The van der Waals surface area contributed by atoms with Gasteiger partial charge in [-0.3, -0.25) is 0 Å². The summed E-state index contributed by atoms with van der Waals surface area (Å²) in [7, 11) is 0. The summed E-state index contributed by atoms with van der Waals surface area (Å²) in [6, 6.07) is 177. The highest BCUT2D eigenvalue weighted by atomic mass is 15.0. The molecule has 0 saturated heterocycles. The highest BCUT2D eigenvalue weighted by Crippen LogP contribution is 2.45. The lowest BCUT2D eigenvalue weighted by atomic mass is 9.99. The van der Waals surface area contributed by atoms with Gasteiger partial charge in [0.2, 0.25) is 0 Å². The lowest BCUT2D eigenvalue weighted by Crippen LogP contribution is -1.95. The van der Waals surface area contributed by atoms with Crippen LogP contribution in [0.15, 0.2) is 485 Å². The van der Waals surface area contributed by atoms with Crippen LogP contribution >= 0.6 is 0 Å². The molecule has 4 heteroatoms. The third kappa shape index (κ3) is 13.2. The lowest BCUT2D eigenvalue weighted by molar-refractivity contribution is 1.18. The highest BCUT2D eigenvalue weighted by molar-refractivity contribution is 6.16. The summed E-state index contributed by atoms with van der Waals surface area (Å²) in [6.07, 6.45) is 0. The number of hydrogen-bond acceptors (Lipinski definition) is 0. The number of fused-ring (bicyclic) bond motifs is 12. The van der Waals surface area contributed by atoms with E-state index >= 15 is 0 Å². The van der Waals surface area contributed by atoms with Crippen molar-refractivity contribution in [2.24, 2.45) is 0 Å². The molecule has 0 aliphatic rings. The van der Waals surface area contributed by atoms with E-state index in [1.54, 1.807) is 0 Å². The Bertz CT molecular complexity index is 8180. The first kappa shape index (κ1) is 72.8. The van der Waals surface area contributed by atoms with E-state index in [1.807, 2.05) is 0 Å². The molecule has 0 atom stereocenters. The van der Waals surface area contributed by atoms with Gasteiger partial charge in [-0.1, -0.05) is 346 Å². The van der Waals surface area contributed by atoms with E-state index in [-0.39, 0.29) is 0 Å². The maximum Gasteiger partial charge on any atom is 0.0541 e. The van der Waals surface area contributed by atoms with Gasteiger partial charge in [-0.05, 0) is 251 Å². The highest BCUT2D eigenvalue weighted by Gasteiger charge is 2.22. The standard InChI is InChI=1S/2C60H40N2/c1-4-15-41(16-5-1)44-21-12-22-45(35-44)47-24-14-26-52(37-47)62-59-32-29-48(43-19-8-3-9-20-43)38-55(59)56-40-50(31-34-60(56)62)49-30-33-58-54(39-49)53-27-10-11-28-57(53)61(58)51-25-13-23-46(36-51)42-17-6-2-7-18-42;1-4-14-41(15-5-1)44-26-28-45(29-27-44)47-21-13-23-52(37-47)62-59-33-30-48(43-18-8-3-9-19-43)38-55(59)56-40-50(32-35-60(56)62)49-31-34-58-54(39-49)53-24-10-11-25-57(53)61(58)51-22-12-20-46(36-51)42-16-6-2-7-17-42/h2*1-40H. The fourth-order valence-corrected chi connectivity index (χ4v) is 19.0. The van der Waals surface area contributed by atoms with Crippen molar-refractivity contribution >= 4 is 87.2 Å². The smallest absolute Gasteiger partial charge is 0.0541 e. The van der Waals surface area contributed by atoms with E-state index < -0.39 is 0 Å². The van der Waals surface area contributed by atoms with Crippen LogP contribution in [-0.2, 0) is 0 Å². The van der Waals surface area contributed by atoms with Gasteiger partial charge in [0.25, 0.3) is 0 Å². The Labute approximate surface area is 719 Å². The zero-order valence-corrected chi connectivity index (χ0v) is 68.0. The Morgan fingerprint density at radius 3 is 0.516 bits per heavy atom. The minimum Gasteiger partial charge on any atom is -0.309 e. The molecule has 0 aliphatic heterocycles. The van der Waals surface area contributed by atoms with Crippen molar-refractivity contribution in [3.05, 3.63) is 485 Å². The van der Waals surface area contributed by atoms with Gasteiger partial charge >= 0.3 is 0 Å². The molecular formula is C120H80N4. The van der Waals surface area contributed by atoms with Crippen LogP contribution in [0.2, 0.25) is 0 Å². The van der Waals surface area contributed by atoms with E-state index in [0.29, 0.717) is 0 Å². The van der Waals surface area contributed by atoms with Gasteiger partial charge in [0.1, 0.15) is 0 Å². The van der Waals surface area contributed by atoms with E-state index in [1.165, 1.54) is 198 Å². The summed E-state index contributed by atoms with van der Waals surface area (Å²) in [5.41, 5.74) is 38.2. The summed E-state index contributed by atoms with van der Waals surface area (Å²) >= 11 is 0. The maximum atomic E-state index is 2.44. The van der Waals surface area contributed by atoms with E-state index in [4.69, 9.17) is 0 Å². The van der Waals surface area contributed by atoms with Crippen molar-refractivity contribution in [3.63, 3.8) is 0 Å². The molecule has 24 rings (SSSR count). The van der Waals surface area contributed by atoms with Gasteiger partial charge in [-0.15, -0.1) is 0 Å². The van der Waals surface area contributed by atoms with Crippen LogP contribution < -0.4 is 0 Å². The second-order valence-electron chi connectivity index (χ2n) is 32.3. The molecule has 0 unspecified atom stereocenters. The summed E-state index contributed by atoms with van der Waals surface area (Å²) < 4.78 is 9.70. The number of benzene rings is 20. The van der Waals surface area contributed by atoms with Crippen molar-refractivity contribution in [2.75, 3.05) is 0 Å². The van der Waals surface area contributed by atoms with Gasteiger partial charge in [0, 0.05) is 65.8 Å². The fraction of sp³-hybridized carbons (Fsp3) is 0. The maximum absolute atomic E-state index is 2.44. The van der Waals surface area contributed by atoms with Gasteiger partial charge in [-0.25, -0.2) is 0 Å². The first-order valence-electron chi connectivity index (χ1n) is 42.7. The fourth-order valence-electron chi connectivity index (χ4n) is 19.0. The Morgan fingerprint density at radius 1 is 0.0887 bits per heavy atom. The minimum absolute atomic E-state index is 1.14. The summed E-state index contributed by atoms with van der Waals surface area (Å²) in [5, 5.41) is 9.90. The van der Waals surface area contributed by atoms with Crippen molar-refractivity contribution in [1.29, 1.82) is 0 Å². The number of para-hydroxylation sites is 2. The molecule has 0 bridgehead atoms. The van der Waals surface area contributed by atoms with Crippen LogP contribution in [0.4, 0.5) is 0 Å². The van der Waals surface area contributed by atoms with Gasteiger partial charge in [0.15, 0.2) is 0 Å². The molecule has 0 radical (unpaired) electrons. The SMILES string of the molecule is c1ccc(-c2ccc(-c3cccc(-n4c5ccc(-c6ccccc6)cc5c5cc(-c6ccc7c(c6)c6ccccc6n7-c6cccc(-c7ccccc7)c6)ccc54)c3)cc2)cc1.c1ccc(-c2cccc(-c3cccc(-n4c5ccc(-c6ccccc6)cc5c5cc(-c6ccc7c(c6)c6ccccc6n7-c6cccc(-c7ccccc7)c6)ccc54)c3)c2)cc1. The van der Waals surface area contributed by atoms with Crippen molar-refractivity contribution < 1.29 is 0 Å². The third-order valence-electron chi connectivity index (χ3n) is 25.0. The predicted octanol–water partition coefficient (Wildman–Crippen LogP) is 32.4. The van der Waals surface area contributed by atoms with E-state index in [9.17, 15) is 0 Å². The van der Waals surface area contributed by atoms with Crippen molar-refractivity contribution in [2.45, 2.75) is 0 Å². The molecule has 0 aliphatic carbocycles. The normalized spacial score (nSPS) is 11.5. The minimum atomic E-state index is 1.14. The molecule has 20 aromatic carbocycles. The van der Waals surface area contributed by atoms with Gasteiger partial charge < -0.3 is 18.3 Å². The summed E-state index contributed by atoms with van der Waals surface area (Å²) in [5.74, 6) is 0. The molecule has 0 fully saturated rings. The van der Waals surface area contributed by atoms with Crippen LogP contribution in [0, 0.1) is 0 Å². The molecule has 124 heavy (non-hydrogen) atoms. The van der Waals surface area contributed by atoms with Crippen LogP contribution in [0.25, 0.3) is 221 Å². The van der Waals surface area contributed by atoms with Crippen LogP contribution in [0.5, 0.6) is 0 Å². The molecule has 4 nitrogen and oxygen atoms in total. The number of nitrogens with zero attached hydrogens (tertiary/aromatic N) is 4. The second-order valence-corrected chi connectivity index (χ2v) is 32.3. The van der Waals surface area contributed by atoms with Crippen molar-refractivity contribution in [3.8, 4) is 134 Å². The lowest BCUT2D eigenvalue weighted by Gasteiger charge is -2.12. The first-order valence-corrected chi connectivity index (χ1v) is 42.7. The average Bonchev–Trinajstić information content (AvgIpc) is 1.59. The summed E-state index contributed by atoms with van der Waals surface area (Å²) in [4.78, 5) is 0. The number of rotatable bonds is 14. The van der Waals surface area contributed by atoms with E-state index in [0.717, 1.165) is 22.7 Å². The molecule has 0 amide bonds. The molecule has 24 aromatic rings. The third-order valence-corrected chi connectivity index (χ3v) is 25.0. The topological polar surface area (TPSA) is 19.7 Å². The Kier molecular flexibility index (Phi) is 18.2. The number of hydrogen-bond donors (Lipinski definition) is 0. The second kappa shape index (κ2) is 31.1. The van der Waals surface area contributed by atoms with Crippen LogP contribution in [-0.4, -0.2) is 18.3 Å². The molecule has 4 aromatic heterocycles. The summed E-state index contributed by atoms with van der Waals surface area (Å²) in [6.45, 7) is 0. The quantitative estimate of drug-likeness (QED) is 0.103. The molecule has 0 N–H and O–H groups in total. The van der Waals surface area contributed by atoms with Gasteiger partial charge in [-0.2, -0.15) is 0 Å². The molecule has 580 valence electrons. The molecule has 4 heterocycles. The molecular weight excluding hydrogens is 1500 g/mol. The Hall–Kier alpha value is -16.4. The monoisotopic (exact) mass is 1580 g/mol. The molecule has 0 spiro atoms. The van der Waals surface area contributed by atoms with Crippen LogP contribution in [0.3, 0.4) is 0 Å². The zero-order chi connectivity index (χ0) is 82.0. The average molecular weight is 1580 g/mol. The molecule has 0 saturated carbocycles. The largest absolute Gasteiger partial charge is 0.309 e. The first-order chi connectivity index (χ1) is 61.5. The predicted molar refractivity (Wildman–Crippen MR) is 525 cm³/mol. The Balaban J connectivity index is 0.000000143. The van der Waals surface area contributed by atoms with E-state index in [2.05, 4.69) is 504 Å². The Morgan fingerprint density at radius 2 is 0.242 bits per heavy atom. The van der Waals surface area contributed by atoms with Crippen molar-refractivity contribution in [1.82, 2.24) is 18.3 Å².